The molecule has 1 heterocycles. The average Bonchev–Trinajstić information content (AvgIpc) is 2.89. The largest absolute Gasteiger partial charge is 0.409 e. The van der Waals surface area contributed by atoms with E-state index in [0.29, 0.717) is 11.6 Å². The maximum Gasteiger partial charge on any atom is 0.192 e. The lowest BCUT2D eigenvalue weighted by atomic mass is 9.92. The third-order valence-electron chi connectivity index (χ3n) is 5.39. The lowest BCUT2D eigenvalue weighted by Crippen LogP contribution is -2.40. The standard InChI is InChI=1S/C21H30ClN3OSSi/c1-20(2,3)28(7,8)26-13-17-24-18(21(4,5)14-23)19(25(17)6)27-16-11-9-10-15(22)12-16/h9-12H,13H2,1-8H3. The summed E-state index contributed by atoms with van der Waals surface area (Å²) in [4.78, 5) is 5.86. The number of hydrogen-bond donors (Lipinski definition) is 0. The number of aromatic nitrogens is 2. The second kappa shape index (κ2) is 8.23. The molecule has 0 saturated carbocycles. The molecule has 1 aromatic heterocycles. The Hall–Kier alpha value is -1.26. The molecule has 0 N–H and O–H groups in total. The van der Waals surface area contributed by atoms with Gasteiger partial charge in [0.15, 0.2) is 8.32 Å². The van der Waals surface area contributed by atoms with Gasteiger partial charge in [-0.25, -0.2) is 4.98 Å². The fourth-order valence-electron chi connectivity index (χ4n) is 2.34. The van der Waals surface area contributed by atoms with Crippen molar-refractivity contribution in [3.05, 3.63) is 40.8 Å². The van der Waals surface area contributed by atoms with Gasteiger partial charge in [0.25, 0.3) is 0 Å². The molecular weight excluding hydrogens is 406 g/mol. The smallest absolute Gasteiger partial charge is 0.192 e. The normalized spacial score (nSPS) is 12.9. The summed E-state index contributed by atoms with van der Waals surface area (Å²) >= 11 is 7.73. The molecule has 0 aliphatic heterocycles. The van der Waals surface area contributed by atoms with Crippen LogP contribution in [0.4, 0.5) is 0 Å². The van der Waals surface area contributed by atoms with E-state index < -0.39 is 13.7 Å². The van der Waals surface area contributed by atoms with E-state index in [0.717, 1.165) is 21.4 Å². The molecule has 152 valence electrons. The predicted molar refractivity (Wildman–Crippen MR) is 119 cm³/mol. The van der Waals surface area contributed by atoms with Gasteiger partial charge in [-0.15, -0.1) is 0 Å². The third kappa shape index (κ3) is 5.01. The molecular formula is C21H30ClN3OSSi. The maximum atomic E-state index is 9.69. The molecule has 0 amide bonds. The minimum atomic E-state index is -1.90. The van der Waals surface area contributed by atoms with E-state index in [1.165, 1.54) is 0 Å². The lowest BCUT2D eigenvalue weighted by molar-refractivity contribution is 0.263. The van der Waals surface area contributed by atoms with Crippen LogP contribution < -0.4 is 0 Å². The monoisotopic (exact) mass is 435 g/mol. The molecule has 0 bridgehead atoms. The van der Waals surface area contributed by atoms with Gasteiger partial charge >= 0.3 is 0 Å². The summed E-state index contributed by atoms with van der Waals surface area (Å²) in [6.45, 7) is 15.4. The Labute approximate surface area is 179 Å². The topological polar surface area (TPSA) is 50.8 Å². The van der Waals surface area contributed by atoms with E-state index in [2.05, 4.69) is 39.9 Å². The Morgan fingerprint density at radius 1 is 1.25 bits per heavy atom. The first-order valence-corrected chi connectivity index (χ1v) is 13.4. The molecule has 0 radical (unpaired) electrons. The first kappa shape index (κ1) is 23.0. The molecule has 0 fully saturated rings. The fourth-order valence-corrected chi connectivity index (χ4v) is 4.71. The number of hydrogen-bond acceptors (Lipinski definition) is 4. The summed E-state index contributed by atoms with van der Waals surface area (Å²) in [5.74, 6) is 0.840. The molecule has 0 aliphatic rings. The van der Waals surface area contributed by atoms with Crippen LogP contribution in [0.25, 0.3) is 0 Å². The molecule has 1 aromatic carbocycles. The van der Waals surface area contributed by atoms with Gasteiger partial charge in [-0.05, 0) is 50.2 Å². The molecule has 28 heavy (non-hydrogen) atoms. The van der Waals surface area contributed by atoms with Crippen LogP contribution in [0.2, 0.25) is 23.2 Å². The van der Waals surface area contributed by atoms with Crippen LogP contribution in [0.5, 0.6) is 0 Å². The van der Waals surface area contributed by atoms with Gasteiger partial charge < -0.3 is 8.99 Å². The van der Waals surface area contributed by atoms with E-state index in [-0.39, 0.29) is 5.04 Å². The molecule has 4 nitrogen and oxygen atoms in total. The minimum absolute atomic E-state index is 0.130. The van der Waals surface area contributed by atoms with Gasteiger partial charge in [-0.2, -0.15) is 5.26 Å². The van der Waals surface area contributed by atoms with Crippen molar-refractivity contribution in [2.45, 2.75) is 74.7 Å². The Morgan fingerprint density at radius 3 is 2.43 bits per heavy atom. The van der Waals surface area contributed by atoms with Gasteiger partial charge in [0.2, 0.25) is 0 Å². The van der Waals surface area contributed by atoms with Crippen molar-refractivity contribution in [1.82, 2.24) is 9.55 Å². The molecule has 2 rings (SSSR count). The van der Waals surface area contributed by atoms with Crippen molar-refractivity contribution in [3.8, 4) is 6.07 Å². The molecule has 0 saturated heterocycles. The Morgan fingerprint density at radius 2 is 1.89 bits per heavy atom. The first-order valence-electron chi connectivity index (χ1n) is 9.33. The van der Waals surface area contributed by atoms with Gasteiger partial charge in [0, 0.05) is 17.0 Å². The Balaban J connectivity index is 2.43. The highest BCUT2D eigenvalue weighted by atomic mass is 35.5. The quantitative estimate of drug-likeness (QED) is 0.482. The van der Waals surface area contributed by atoms with Crippen LogP contribution in [0.1, 0.15) is 46.1 Å². The Bertz CT molecular complexity index is 894. The Kier molecular flexibility index (Phi) is 6.77. The zero-order valence-corrected chi connectivity index (χ0v) is 20.6. The van der Waals surface area contributed by atoms with Crippen molar-refractivity contribution < 1.29 is 4.43 Å². The van der Waals surface area contributed by atoms with Gasteiger partial charge in [-0.1, -0.05) is 50.2 Å². The molecule has 0 spiro atoms. The summed E-state index contributed by atoms with van der Waals surface area (Å²) in [6.07, 6.45) is 0. The van der Waals surface area contributed by atoms with Gasteiger partial charge in [0.1, 0.15) is 10.9 Å². The summed E-state index contributed by atoms with van der Waals surface area (Å²) in [5, 5.41) is 11.5. The predicted octanol–water partition coefficient (Wildman–Crippen LogP) is 6.55. The molecule has 2 aromatic rings. The number of imidazole rings is 1. The van der Waals surface area contributed by atoms with Crippen LogP contribution in [0.15, 0.2) is 34.2 Å². The van der Waals surface area contributed by atoms with E-state index in [1.54, 1.807) is 11.8 Å². The highest BCUT2D eigenvalue weighted by Crippen LogP contribution is 2.39. The number of nitrogens with zero attached hydrogens (tertiary/aromatic N) is 3. The van der Waals surface area contributed by atoms with Crippen LogP contribution >= 0.6 is 23.4 Å². The molecule has 0 aliphatic carbocycles. The van der Waals surface area contributed by atoms with Crippen LogP contribution in [0.3, 0.4) is 0 Å². The summed E-state index contributed by atoms with van der Waals surface area (Å²) in [5.41, 5.74) is 0.0739. The van der Waals surface area contributed by atoms with Gasteiger partial charge in [0.05, 0.1) is 23.8 Å². The van der Waals surface area contributed by atoms with E-state index >= 15 is 0 Å². The van der Waals surface area contributed by atoms with Gasteiger partial charge in [-0.3, -0.25) is 0 Å². The van der Waals surface area contributed by atoms with Crippen LogP contribution in [-0.4, -0.2) is 17.9 Å². The number of benzene rings is 1. The first-order chi connectivity index (χ1) is 12.8. The molecule has 0 unspecified atom stereocenters. The van der Waals surface area contributed by atoms with E-state index in [4.69, 9.17) is 21.0 Å². The van der Waals surface area contributed by atoms with Crippen molar-refractivity contribution >= 4 is 31.7 Å². The number of nitriles is 1. The zero-order chi connectivity index (χ0) is 21.3. The number of halogens is 1. The second-order valence-corrected chi connectivity index (χ2v) is 15.4. The zero-order valence-electron chi connectivity index (χ0n) is 18.1. The van der Waals surface area contributed by atoms with Crippen molar-refractivity contribution in [3.63, 3.8) is 0 Å². The van der Waals surface area contributed by atoms with Crippen molar-refractivity contribution in [2.24, 2.45) is 7.05 Å². The molecule has 0 atom stereocenters. The van der Waals surface area contributed by atoms with Crippen LogP contribution in [-0.2, 0) is 23.5 Å². The summed E-state index contributed by atoms with van der Waals surface area (Å²) in [6, 6.07) is 10.1. The fraction of sp³-hybridized carbons (Fsp3) is 0.524. The third-order valence-corrected chi connectivity index (χ3v) is 11.2. The summed E-state index contributed by atoms with van der Waals surface area (Å²) < 4.78 is 8.44. The van der Waals surface area contributed by atoms with Crippen LogP contribution in [0, 0.1) is 11.3 Å². The van der Waals surface area contributed by atoms with Crippen molar-refractivity contribution in [2.75, 3.05) is 0 Å². The second-order valence-electron chi connectivity index (χ2n) is 9.09. The highest BCUT2D eigenvalue weighted by Gasteiger charge is 2.38. The SMILES string of the molecule is Cn1c(CO[Si](C)(C)C(C)(C)C)nc(C(C)(C)C#N)c1Sc1cccc(Cl)c1. The average molecular weight is 436 g/mol. The molecule has 7 heteroatoms. The lowest BCUT2D eigenvalue weighted by Gasteiger charge is -2.36. The van der Waals surface area contributed by atoms with Crippen molar-refractivity contribution in [1.29, 1.82) is 5.26 Å². The number of rotatable bonds is 6. The summed E-state index contributed by atoms with van der Waals surface area (Å²) in [7, 11) is 0.0902. The van der Waals surface area contributed by atoms with E-state index in [1.807, 2.05) is 49.7 Å². The van der Waals surface area contributed by atoms with E-state index in [9.17, 15) is 5.26 Å². The minimum Gasteiger partial charge on any atom is -0.409 e. The maximum absolute atomic E-state index is 9.69. The highest BCUT2D eigenvalue weighted by molar-refractivity contribution is 7.99.